The zero-order chi connectivity index (χ0) is 21.7. The van der Waals surface area contributed by atoms with Gasteiger partial charge in [0.05, 0.1) is 11.9 Å². The first-order valence-corrected chi connectivity index (χ1v) is 12.8. The van der Waals surface area contributed by atoms with Crippen molar-refractivity contribution < 1.29 is 0 Å². The highest BCUT2D eigenvalue weighted by atomic mass is 32.1. The molecule has 0 aliphatic carbocycles. The minimum Gasteiger partial charge on any atom is -0.309 e. The predicted molar refractivity (Wildman–Crippen MR) is 130 cm³/mol. The van der Waals surface area contributed by atoms with Crippen LogP contribution in [0.4, 0.5) is 0 Å². The highest BCUT2D eigenvalue weighted by Crippen LogP contribution is 2.36. The maximum Gasteiger partial charge on any atom is 0.260 e. The number of aromatic nitrogens is 2. The fraction of sp³-hybridized carbons (Fsp3) is 0.520. The monoisotopic (exact) mass is 449 g/mol. The lowest BCUT2D eigenvalue weighted by Crippen LogP contribution is -2.54. The fourth-order valence-electron chi connectivity index (χ4n) is 6.08. The SMILES string of the molecule is CN1C2CCC1CC(N1CCN(Cc3nc4scc(-c5ccccc5)c4c(=O)[nH]3)CC1)C2. The van der Waals surface area contributed by atoms with Crippen molar-refractivity contribution in [2.75, 3.05) is 33.2 Å². The minimum absolute atomic E-state index is 0.0226. The molecule has 3 saturated heterocycles. The first kappa shape index (κ1) is 20.5. The molecule has 168 valence electrons. The second kappa shape index (κ2) is 8.37. The minimum atomic E-state index is -0.0226. The molecule has 6 nitrogen and oxygen atoms in total. The number of nitrogens with one attached hydrogen (secondary N) is 1. The summed E-state index contributed by atoms with van der Waals surface area (Å²) >= 11 is 1.56. The van der Waals surface area contributed by atoms with E-state index >= 15 is 0 Å². The van der Waals surface area contributed by atoms with E-state index in [1.54, 1.807) is 11.3 Å². The molecule has 0 spiro atoms. The predicted octanol–water partition coefficient (Wildman–Crippen LogP) is 3.39. The molecule has 0 saturated carbocycles. The van der Waals surface area contributed by atoms with Crippen molar-refractivity contribution in [1.29, 1.82) is 0 Å². The first-order valence-electron chi connectivity index (χ1n) is 11.9. The lowest BCUT2D eigenvalue weighted by Gasteiger charge is -2.45. The maximum atomic E-state index is 12.9. The maximum absolute atomic E-state index is 12.9. The summed E-state index contributed by atoms with van der Waals surface area (Å²) in [7, 11) is 2.32. The molecule has 7 heteroatoms. The van der Waals surface area contributed by atoms with E-state index in [-0.39, 0.29) is 5.56 Å². The van der Waals surface area contributed by atoms with Gasteiger partial charge in [-0.2, -0.15) is 0 Å². The van der Waals surface area contributed by atoms with Crippen LogP contribution in [-0.4, -0.2) is 76.0 Å². The van der Waals surface area contributed by atoms with Crippen molar-refractivity contribution in [2.24, 2.45) is 0 Å². The van der Waals surface area contributed by atoms with Gasteiger partial charge in [0.1, 0.15) is 10.7 Å². The highest BCUT2D eigenvalue weighted by Gasteiger charge is 2.40. The molecule has 2 unspecified atom stereocenters. The third kappa shape index (κ3) is 3.71. The summed E-state index contributed by atoms with van der Waals surface area (Å²) < 4.78 is 0. The Morgan fingerprint density at radius 3 is 2.47 bits per heavy atom. The number of aromatic amines is 1. The molecular formula is C25H31N5OS. The van der Waals surface area contributed by atoms with Crippen LogP contribution in [0, 0.1) is 0 Å². The number of piperidine rings is 1. The molecule has 3 fully saturated rings. The Hall–Kier alpha value is -2.06. The second-order valence-electron chi connectivity index (χ2n) is 9.70. The first-order chi connectivity index (χ1) is 15.7. The van der Waals surface area contributed by atoms with E-state index in [1.807, 2.05) is 30.3 Å². The Balaban J connectivity index is 1.12. The lowest BCUT2D eigenvalue weighted by atomic mass is 9.96. The number of benzene rings is 1. The van der Waals surface area contributed by atoms with E-state index in [9.17, 15) is 4.79 Å². The van der Waals surface area contributed by atoms with Gasteiger partial charge >= 0.3 is 0 Å². The molecule has 0 amide bonds. The molecule has 2 atom stereocenters. The third-order valence-corrected chi connectivity index (χ3v) is 8.82. The van der Waals surface area contributed by atoms with Crippen LogP contribution in [0.15, 0.2) is 40.5 Å². The van der Waals surface area contributed by atoms with Crippen molar-refractivity contribution in [3.05, 3.63) is 51.9 Å². The van der Waals surface area contributed by atoms with E-state index in [1.165, 1.54) is 25.7 Å². The van der Waals surface area contributed by atoms with Gasteiger partial charge < -0.3 is 9.88 Å². The van der Waals surface area contributed by atoms with Gasteiger partial charge in [0.25, 0.3) is 5.56 Å². The molecule has 1 N–H and O–H groups in total. The van der Waals surface area contributed by atoms with Crippen LogP contribution >= 0.6 is 11.3 Å². The summed E-state index contributed by atoms with van der Waals surface area (Å²) in [4.78, 5) is 29.4. The molecule has 6 rings (SSSR count). The number of rotatable bonds is 4. The van der Waals surface area contributed by atoms with Gasteiger partial charge in [-0.05, 0) is 38.3 Å². The fourth-order valence-corrected chi connectivity index (χ4v) is 7.04. The van der Waals surface area contributed by atoms with Crippen molar-refractivity contribution in [1.82, 2.24) is 24.7 Å². The van der Waals surface area contributed by atoms with Gasteiger partial charge in [0.2, 0.25) is 0 Å². The topological polar surface area (TPSA) is 55.5 Å². The molecule has 3 aromatic rings. The molecular weight excluding hydrogens is 418 g/mol. The van der Waals surface area contributed by atoms with Crippen molar-refractivity contribution in [2.45, 2.75) is 50.4 Å². The molecule has 5 heterocycles. The third-order valence-electron chi connectivity index (χ3n) is 7.95. The summed E-state index contributed by atoms with van der Waals surface area (Å²) in [6, 6.07) is 12.4. The van der Waals surface area contributed by atoms with E-state index in [4.69, 9.17) is 4.98 Å². The molecule has 32 heavy (non-hydrogen) atoms. The van der Waals surface area contributed by atoms with Crippen molar-refractivity contribution >= 4 is 21.6 Å². The van der Waals surface area contributed by atoms with Gasteiger partial charge in [-0.1, -0.05) is 30.3 Å². The van der Waals surface area contributed by atoms with Crippen LogP contribution in [0.1, 0.15) is 31.5 Å². The number of hydrogen-bond donors (Lipinski definition) is 1. The summed E-state index contributed by atoms with van der Waals surface area (Å²) in [5.74, 6) is 0.787. The normalized spacial score (nSPS) is 27.3. The quantitative estimate of drug-likeness (QED) is 0.662. The van der Waals surface area contributed by atoms with Gasteiger partial charge in [0, 0.05) is 55.2 Å². The van der Waals surface area contributed by atoms with E-state index < -0.39 is 0 Å². The van der Waals surface area contributed by atoms with E-state index in [2.05, 4.69) is 32.1 Å². The smallest absolute Gasteiger partial charge is 0.260 e. The molecule has 3 aliphatic rings. The average molecular weight is 450 g/mol. The number of hydrogen-bond acceptors (Lipinski definition) is 6. The van der Waals surface area contributed by atoms with Crippen LogP contribution in [0.5, 0.6) is 0 Å². The Bertz CT molecular complexity index is 1140. The van der Waals surface area contributed by atoms with Crippen LogP contribution in [0.2, 0.25) is 0 Å². The average Bonchev–Trinajstić information content (AvgIpc) is 3.31. The van der Waals surface area contributed by atoms with E-state index in [0.29, 0.717) is 5.39 Å². The Kier molecular flexibility index (Phi) is 5.38. The summed E-state index contributed by atoms with van der Waals surface area (Å²) in [6.45, 7) is 5.05. The molecule has 2 aromatic heterocycles. The number of thiophene rings is 1. The number of nitrogens with zero attached hydrogens (tertiary/aromatic N) is 4. The molecule has 0 radical (unpaired) electrons. The van der Waals surface area contributed by atoms with Crippen molar-refractivity contribution in [3.63, 3.8) is 0 Å². The van der Waals surface area contributed by atoms with Crippen LogP contribution in [0.3, 0.4) is 0 Å². The largest absolute Gasteiger partial charge is 0.309 e. The number of piperazine rings is 1. The number of fused-ring (bicyclic) bond motifs is 3. The lowest BCUT2D eigenvalue weighted by molar-refractivity contribution is 0.0373. The van der Waals surface area contributed by atoms with Gasteiger partial charge in [-0.3, -0.25) is 14.6 Å². The second-order valence-corrected chi connectivity index (χ2v) is 10.6. The highest BCUT2D eigenvalue weighted by molar-refractivity contribution is 7.17. The van der Waals surface area contributed by atoms with Crippen LogP contribution < -0.4 is 5.56 Å². The Morgan fingerprint density at radius 1 is 1.03 bits per heavy atom. The molecule has 2 bridgehead atoms. The van der Waals surface area contributed by atoms with Crippen LogP contribution in [0.25, 0.3) is 21.3 Å². The Labute approximate surface area is 192 Å². The standard InChI is InChI=1S/C25H31N5OS/c1-28-18-7-8-19(28)14-20(13-18)30-11-9-29(10-12-30)15-22-26-24(31)23-21(16-32-25(23)27-22)17-5-3-2-4-6-17/h2-6,16,18-20H,7-15H2,1H3,(H,26,27,31). The van der Waals surface area contributed by atoms with Gasteiger partial charge in [-0.15, -0.1) is 11.3 Å². The Morgan fingerprint density at radius 2 is 1.75 bits per heavy atom. The summed E-state index contributed by atoms with van der Waals surface area (Å²) in [6.07, 6.45) is 5.43. The zero-order valence-electron chi connectivity index (χ0n) is 18.7. The van der Waals surface area contributed by atoms with Gasteiger partial charge in [0.15, 0.2) is 0 Å². The van der Waals surface area contributed by atoms with Crippen molar-refractivity contribution in [3.8, 4) is 11.1 Å². The molecule has 1 aromatic carbocycles. The summed E-state index contributed by atoms with van der Waals surface area (Å²) in [5, 5.41) is 2.77. The number of H-pyrrole nitrogens is 1. The van der Waals surface area contributed by atoms with Crippen LogP contribution in [-0.2, 0) is 6.54 Å². The zero-order valence-corrected chi connectivity index (χ0v) is 19.5. The van der Waals surface area contributed by atoms with Gasteiger partial charge in [-0.25, -0.2) is 4.98 Å². The molecule has 3 aliphatic heterocycles. The van der Waals surface area contributed by atoms with E-state index in [0.717, 1.165) is 72.6 Å². The summed E-state index contributed by atoms with van der Waals surface area (Å²) in [5.41, 5.74) is 2.02.